The van der Waals surface area contributed by atoms with Gasteiger partial charge in [-0.05, 0) is 17.7 Å². The Morgan fingerprint density at radius 1 is 0.952 bits per heavy atom. The number of nitrogens with zero attached hydrogens (tertiary/aromatic N) is 2. The van der Waals surface area contributed by atoms with Gasteiger partial charge in [0.25, 0.3) is 0 Å². The van der Waals surface area contributed by atoms with E-state index in [4.69, 9.17) is 5.73 Å². The molecule has 4 heteroatoms. The number of para-hydroxylation sites is 2. The third kappa shape index (κ3) is 3.48. The van der Waals surface area contributed by atoms with Crippen molar-refractivity contribution in [2.45, 2.75) is 13.1 Å². The second kappa shape index (κ2) is 6.52. The van der Waals surface area contributed by atoms with E-state index < -0.39 is 0 Å². The lowest BCUT2D eigenvalue weighted by Crippen LogP contribution is -2.29. The fourth-order valence-electron chi connectivity index (χ4n) is 2.53. The van der Waals surface area contributed by atoms with Crippen LogP contribution in [0, 0.1) is 0 Å². The van der Waals surface area contributed by atoms with Gasteiger partial charge < -0.3 is 10.7 Å². The topological polar surface area (TPSA) is 57.9 Å². The maximum Gasteiger partial charge on any atom is 0.121 e. The van der Waals surface area contributed by atoms with E-state index in [1.807, 2.05) is 24.3 Å². The number of H-pyrrole nitrogens is 1. The van der Waals surface area contributed by atoms with Crippen molar-refractivity contribution in [2.24, 2.45) is 5.73 Å². The molecule has 0 radical (unpaired) electrons. The average molecular weight is 280 g/mol. The Bertz CT molecular complexity index is 657. The first-order valence-corrected chi connectivity index (χ1v) is 7.25. The van der Waals surface area contributed by atoms with Crippen LogP contribution in [-0.4, -0.2) is 28.0 Å². The molecule has 0 saturated heterocycles. The van der Waals surface area contributed by atoms with Gasteiger partial charge in [-0.2, -0.15) is 0 Å². The minimum absolute atomic E-state index is 0.646. The third-order valence-corrected chi connectivity index (χ3v) is 3.51. The molecular formula is C17H20N4. The molecule has 1 heterocycles. The zero-order chi connectivity index (χ0) is 14.5. The summed E-state index contributed by atoms with van der Waals surface area (Å²) in [5, 5.41) is 0. The van der Waals surface area contributed by atoms with Crippen LogP contribution in [0.25, 0.3) is 11.0 Å². The van der Waals surface area contributed by atoms with E-state index in [-0.39, 0.29) is 0 Å². The maximum absolute atomic E-state index is 5.74. The first-order valence-electron chi connectivity index (χ1n) is 7.25. The van der Waals surface area contributed by atoms with E-state index in [1.54, 1.807) is 0 Å². The van der Waals surface area contributed by atoms with Crippen LogP contribution in [0.2, 0.25) is 0 Å². The predicted molar refractivity (Wildman–Crippen MR) is 85.7 cm³/mol. The molecule has 0 saturated carbocycles. The van der Waals surface area contributed by atoms with Crippen LogP contribution in [-0.2, 0) is 13.1 Å². The zero-order valence-electron chi connectivity index (χ0n) is 12.0. The SMILES string of the molecule is NCCN(Cc1ccccc1)Cc1nc2ccccc2[nH]1. The van der Waals surface area contributed by atoms with Crippen molar-refractivity contribution in [1.29, 1.82) is 0 Å². The standard InChI is InChI=1S/C17H20N4/c18-10-11-21(12-14-6-2-1-3-7-14)13-17-19-15-8-4-5-9-16(15)20-17/h1-9H,10-13,18H2,(H,19,20). The number of nitrogens with two attached hydrogens (primary N) is 1. The van der Waals surface area contributed by atoms with Crippen molar-refractivity contribution >= 4 is 11.0 Å². The lowest BCUT2D eigenvalue weighted by atomic mass is 10.2. The smallest absolute Gasteiger partial charge is 0.121 e. The molecule has 21 heavy (non-hydrogen) atoms. The molecule has 0 amide bonds. The Balaban J connectivity index is 1.75. The number of fused-ring (bicyclic) bond motifs is 1. The molecule has 4 nitrogen and oxygen atoms in total. The van der Waals surface area contributed by atoms with Crippen LogP contribution < -0.4 is 5.73 Å². The molecule has 108 valence electrons. The van der Waals surface area contributed by atoms with Crippen LogP contribution in [0.1, 0.15) is 11.4 Å². The lowest BCUT2D eigenvalue weighted by Gasteiger charge is -2.20. The first-order chi connectivity index (χ1) is 10.3. The quantitative estimate of drug-likeness (QED) is 0.729. The molecule has 0 unspecified atom stereocenters. The van der Waals surface area contributed by atoms with Gasteiger partial charge >= 0.3 is 0 Å². The van der Waals surface area contributed by atoms with Crippen LogP contribution in [0.3, 0.4) is 0 Å². The normalized spacial score (nSPS) is 11.3. The van der Waals surface area contributed by atoms with Gasteiger partial charge in [-0.25, -0.2) is 4.98 Å². The molecule has 0 atom stereocenters. The summed E-state index contributed by atoms with van der Waals surface area (Å²) in [6, 6.07) is 18.6. The maximum atomic E-state index is 5.74. The Morgan fingerprint density at radius 3 is 2.48 bits per heavy atom. The predicted octanol–water partition coefficient (Wildman–Crippen LogP) is 2.52. The number of aromatic nitrogens is 2. The van der Waals surface area contributed by atoms with Gasteiger partial charge in [0.05, 0.1) is 17.6 Å². The summed E-state index contributed by atoms with van der Waals surface area (Å²) >= 11 is 0. The van der Waals surface area contributed by atoms with E-state index in [9.17, 15) is 0 Å². The van der Waals surface area contributed by atoms with E-state index in [0.29, 0.717) is 6.54 Å². The largest absolute Gasteiger partial charge is 0.341 e. The highest BCUT2D eigenvalue weighted by Gasteiger charge is 2.09. The highest BCUT2D eigenvalue weighted by atomic mass is 15.2. The molecular weight excluding hydrogens is 260 g/mol. The van der Waals surface area contributed by atoms with Crippen molar-refractivity contribution in [3.8, 4) is 0 Å². The second-order valence-corrected chi connectivity index (χ2v) is 5.19. The number of nitrogens with one attached hydrogen (secondary N) is 1. The van der Waals surface area contributed by atoms with Crippen molar-refractivity contribution in [2.75, 3.05) is 13.1 Å². The van der Waals surface area contributed by atoms with Gasteiger partial charge in [-0.3, -0.25) is 4.90 Å². The Labute approximate surface area is 124 Å². The van der Waals surface area contributed by atoms with Gasteiger partial charge in [0, 0.05) is 19.6 Å². The zero-order valence-corrected chi connectivity index (χ0v) is 12.0. The summed E-state index contributed by atoms with van der Waals surface area (Å²) in [5.41, 5.74) is 9.13. The lowest BCUT2D eigenvalue weighted by molar-refractivity contribution is 0.259. The number of imidazole rings is 1. The minimum atomic E-state index is 0.646. The Morgan fingerprint density at radius 2 is 1.71 bits per heavy atom. The van der Waals surface area contributed by atoms with E-state index >= 15 is 0 Å². The van der Waals surface area contributed by atoms with Crippen molar-refractivity contribution in [1.82, 2.24) is 14.9 Å². The number of benzene rings is 2. The number of hydrogen-bond acceptors (Lipinski definition) is 3. The van der Waals surface area contributed by atoms with Gasteiger partial charge in [-0.1, -0.05) is 42.5 Å². The molecule has 0 aliphatic heterocycles. The third-order valence-electron chi connectivity index (χ3n) is 3.51. The monoisotopic (exact) mass is 280 g/mol. The Hall–Kier alpha value is -2.17. The van der Waals surface area contributed by atoms with Crippen LogP contribution in [0.4, 0.5) is 0 Å². The molecule has 1 aromatic heterocycles. The second-order valence-electron chi connectivity index (χ2n) is 5.19. The van der Waals surface area contributed by atoms with E-state index in [2.05, 4.69) is 45.2 Å². The summed E-state index contributed by atoms with van der Waals surface area (Å²) in [4.78, 5) is 10.3. The molecule has 2 aromatic carbocycles. The number of hydrogen-bond donors (Lipinski definition) is 2. The van der Waals surface area contributed by atoms with E-state index in [1.165, 1.54) is 5.56 Å². The van der Waals surface area contributed by atoms with E-state index in [0.717, 1.165) is 36.5 Å². The average Bonchev–Trinajstić information content (AvgIpc) is 2.90. The first kappa shape index (κ1) is 13.8. The van der Waals surface area contributed by atoms with Gasteiger partial charge in [0.1, 0.15) is 5.82 Å². The number of rotatable bonds is 6. The van der Waals surface area contributed by atoms with Crippen molar-refractivity contribution < 1.29 is 0 Å². The summed E-state index contributed by atoms with van der Waals surface area (Å²) in [7, 11) is 0. The minimum Gasteiger partial charge on any atom is -0.341 e. The van der Waals surface area contributed by atoms with Gasteiger partial charge in [0.15, 0.2) is 0 Å². The molecule has 0 fully saturated rings. The number of aromatic amines is 1. The Kier molecular flexibility index (Phi) is 4.28. The highest BCUT2D eigenvalue weighted by Crippen LogP contribution is 2.13. The van der Waals surface area contributed by atoms with Gasteiger partial charge in [-0.15, -0.1) is 0 Å². The summed E-state index contributed by atoms with van der Waals surface area (Å²) in [6.45, 7) is 3.16. The molecule has 0 aliphatic carbocycles. The summed E-state index contributed by atoms with van der Waals surface area (Å²) in [5.74, 6) is 0.987. The fraction of sp³-hybridized carbons (Fsp3) is 0.235. The summed E-state index contributed by atoms with van der Waals surface area (Å²) < 4.78 is 0. The van der Waals surface area contributed by atoms with Crippen molar-refractivity contribution in [3.05, 3.63) is 66.0 Å². The van der Waals surface area contributed by atoms with Crippen LogP contribution in [0.5, 0.6) is 0 Å². The summed E-state index contributed by atoms with van der Waals surface area (Å²) in [6.07, 6.45) is 0. The fourth-order valence-corrected chi connectivity index (χ4v) is 2.53. The molecule has 3 aromatic rings. The molecule has 0 spiro atoms. The molecule has 3 N–H and O–H groups in total. The highest BCUT2D eigenvalue weighted by molar-refractivity contribution is 5.74. The van der Waals surface area contributed by atoms with Gasteiger partial charge in [0.2, 0.25) is 0 Å². The molecule has 0 bridgehead atoms. The van der Waals surface area contributed by atoms with Crippen LogP contribution in [0.15, 0.2) is 54.6 Å². The molecule has 0 aliphatic rings. The molecule has 3 rings (SSSR count). The van der Waals surface area contributed by atoms with Crippen molar-refractivity contribution in [3.63, 3.8) is 0 Å². The van der Waals surface area contributed by atoms with Crippen LogP contribution >= 0.6 is 0 Å².